The molecular weight excluding hydrogens is 667 g/mol. The first-order valence-corrected chi connectivity index (χ1v) is 21.2. The van der Waals surface area contributed by atoms with E-state index in [2.05, 4.69) is 150 Å². The van der Waals surface area contributed by atoms with Crippen molar-refractivity contribution < 1.29 is 4.42 Å². The van der Waals surface area contributed by atoms with E-state index in [9.17, 15) is 0 Å². The van der Waals surface area contributed by atoms with Crippen molar-refractivity contribution >= 4 is 39.0 Å². The lowest BCUT2D eigenvalue weighted by Crippen LogP contribution is -2.48. The maximum atomic E-state index is 6.68. The second kappa shape index (κ2) is 13.3. The Morgan fingerprint density at radius 1 is 0.473 bits per heavy atom. The van der Waals surface area contributed by atoms with Crippen molar-refractivity contribution in [3.63, 3.8) is 0 Å². The number of hydrogen-bond acceptors (Lipinski definition) is 2. The molecule has 5 fully saturated rings. The molecule has 0 amide bonds. The van der Waals surface area contributed by atoms with Crippen LogP contribution in [0.25, 0.3) is 33.1 Å². The van der Waals surface area contributed by atoms with E-state index >= 15 is 0 Å². The van der Waals surface area contributed by atoms with Gasteiger partial charge in [-0.15, -0.1) is 0 Å². The third-order valence-electron chi connectivity index (χ3n) is 14.6. The fourth-order valence-corrected chi connectivity index (χ4v) is 12.5. The smallest absolute Gasteiger partial charge is 0.137 e. The van der Waals surface area contributed by atoms with Gasteiger partial charge in [-0.3, -0.25) is 0 Å². The fraction of sp³-hybridized carbons (Fsp3) is 0.321. The lowest BCUT2D eigenvalue weighted by Gasteiger charge is -2.57. The fourth-order valence-electron chi connectivity index (χ4n) is 12.5. The monoisotopic (exact) mass is 717 g/mol. The molecule has 2 heteroatoms. The Morgan fingerprint density at radius 3 is 1.67 bits per heavy atom. The van der Waals surface area contributed by atoms with E-state index in [1.807, 2.05) is 0 Å². The highest BCUT2D eigenvalue weighted by Crippen LogP contribution is 2.61. The van der Waals surface area contributed by atoms with Crippen molar-refractivity contribution in [1.82, 2.24) is 0 Å². The third kappa shape index (κ3) is 5.66. The molecule has 0 saturated heterocycles. The Labute approximate surface area is 326 Å². The molecule has 274 valence electrons. The molecule has 0 radical (unpaired) electrons. The summed E-state index contributed by atoms with van der Waals surface area (Å²) in [7, 11) is 0. The van der Waals surface area contributed by atoms with Crippen molar-refractivity contribution in [3.05, 3.63) is 162 Å². The normalized spacial score (nSPS) is 24.3. The van der Waals surface area contributed by atoms with Crippen LogP contribution in [0.2, 0.25) is 0 Å². The van der Waals surface area contributed by atoms with Crippen LogP contribution in [0.5, 0.6) is 0 Å². The summed E-state index contributed by atoms with van der Waals surface area (Å²) >= 11 is 0. The first kappa shape index (κ1) is 33.3. The zero-order valence-corrected chi connectivity index (χ0v) is 31.9. The number of anilines is 3. The second-order valence-corrected chi connectivity index (χ2v) is 17.8. The summed E-state index contributed by atoms with van der Waals surface area (Å²) in [6, 6.07) is 54.8. The molecule has 0 atom stereocenters. The summed E-state index contributed by atoms with van der Waals surface area (Å²) in [4.78, 5) is 2.46. The minimum Gasteiger partial charge on any atom is -0.456 e. The van der Waals surface area contributed by atoms with Crippen LogP contribution in [0.15, 0.2) is 150 Å². The molecule has 0 N–H and O–H groups in total. The average molecular weight is 718 g/mol. The van der Waals surface area contributed by atoms with E-state index < -0.39 is 0 Å². The highest BCUT2D eigenvalue weighted by atomic mass is 16.3. The van der Waals surface area contributed by atoms with Crippen LogP contribution in [0.1, 0.15) is 93.7 Å². The molecule has 0 unspecified atom stereocenters. The molecule has 5 aliphatic rings. The largest absolute Gasteiger partial charge is 0.456 e. The summed E-state index contributed by atoms with van der Waals surface area (Å²) in [6.07, 6.45) is 16.2. The van der Waals surface area contributed by atoms with Crippen molar-refractivity contribution in [1.29, 1.82) is 0 Å². The van der Waals surface area contributed by atoms with E-state index in [4.69, 9.17) is 4.42 Å². The molecule has 5 aliphatic carbocycles. The molecule has 1 aromatic heterocycles. The van der Waals surface area contributed by atoms with Gasteiger partial charge >= 0.3 is 0 Å². The molecule has 1 heterocycles. The van der Waals surface area contributed by atoms with E-state index in [1.165, 1.54) is 116 Å². The van der Waals surface area contributed by atoms with Crippen LogP contribution < -0.4 is 4.90 Å². The predicted molar refractivity (Wildman–Crippen MR) is 229 cm³/mol. The number of fused-ring (bicyclic) bond motifs is 3. The summed E-state index contributed by atoms with van der Waals surface area (Å²) in [5.41, 5.74) is 12.7. The molecule has 4 bridgehead atoms. The average Bonchev–Trinajstić information content (AvgIpc) is 3.41. The SMILES string of the molecule is c1ccc(-c2cccc3oc4cc(N(c5ccc(C67CC8CC(CC(C8)C6)C7)cc5)c5ccc(C6(c7ccccc7)CCCCCC6)cc5)ccc4c23)cc1. The first-order valence-electron chi connectivity index (χ1n) is 21.2. The Bertz CT molecular complexity index is 2410. The van der Waals surface area contributed by atoms with E-state index in [-0.39, 0.29) is 5.41 Å². The number of furan rings is 1. The zero-order valence-electron chi connectivity index (χ0n) is 31.9. The topological polar surface area (TPSA) is 16.4 Å². The number of benzene rings is 6. The summed E-state index contributed by atoms with van der Waals surface area (Å²) in [5, 5.41) is 2.34. The van der Waals surface area contributed by atoms with E-state index in [0.29, 0.717) is 5.41 Å². The van der Waals surface area contributed by atoms with Gasteiger partial charge in [-0.25, -0.2) is 0 Å². The number of nitrogens with zero attached hydrogens (tertiary/aromatic N) is 1. The van der Waals surface area contributed by atoms with Crippen LogP contribution in [0.3, 0.4) is 0 Å². The molecule has 7 aromatic rings. The predicted octanol–water partition coefficient (Wildman–Crippen LogP) is 14.8. The van der Waals surface area contributed by atoms with Crippen LogP contribution in [-0.2, 0) is 10.8 Å². The van der Waals surface area contributed by atoms with Gasteiger partial charge in [-0.1, -0.05) is 123 Å². The maximum absolute atomic E-state index is 6.68. The minimum atomic E-state index is 0.0598. The van der Waals surface area contributed by atoms with Crippen LogP contribution in [0, 0.1) is 17.8 Å². The lowest BCUT2D eigenvalue weighted by molar-refractivity contribution is -0.00518. The standard InChI is InChI=1S/C53H51NO/c1-2-10-29-53(28-9-1,42-14-7-4-8-15-42)43-20-24-45(25-21-43)54(44-22-18-41(19-23-44)52-34-37-30-38(35-52)32-39(31-37)36-52)46-26-27-48-50(33-46)55-49-17-11-16-47(51(48)49)40-12-5-3-6-13-40/h3-8,11-27,33,37-39H,1-2,9-10,28-32,34-36H2. The van der Waals surface area contributed by atoms with Gasteiger partial charge in [0.1, 0.15) is 11.2 Å². The van der Waals surface area contributed by atoms with Gasteiger partial charge in [0.05, 0.1) is 0 Å². The summed E-state index contributed by atoms with van der Waals surface area (Å²) in [6.45, 7) is 0. The lowest BCUT2D eigenvalue weighted by atomic mass is 9.48. The van der Waals surface area contributed by atoms with Crippen LogP contribution >= 0.6 is 0 Å². The molecule has 12 rings (SSSR count). The van der Waals surface area contributed by atoms with Gasteiger partial charge in [-0.2, -0.15) is 0 Å². The van der Waals surface area contributed by atoms with Crippen LogP contribution in [-0.4, -0.2) is 0 Å². The van der Waals surface area contributed by atoms with Gasteiger partial charge in [-0.05, 0) is 145 Å². The molecule has 5 saturated carbocycles. The molecule has 0 spiro atoms. The van der Waals surface area contributed by atoms with Crippen molar-refractivity contribution in [3.8, 4) is 11.1 Å². The van der Waals surface area contributed by atoms with E-state index in [0.717, 1.165) is 40.0 Å². The minimum absolute atomic E-state index is 0.0598. The first-order chi connectivity index (χ1) is 27.1. The molecular formula is C53H51NO. The van der Waals surface area contributed by atoms with Gasteiger partial charge in [0.15, 0.2) is 0 Å². The Kier molecular flexibility index (Phi) is 8.04. The van der Waals surface area contributed by atoms with Gasteiger partial charge in [0, 0.05) is 39.3 Å². The van der Waals surface area contributed by atoms with Crippen molar-refractivity contribution in [2.45, 2.75) is 87.9 Å². The molecule has 55 heavy (non-hydrogen) atoms. The van der Waals surface area contributed by atoms with Gasteiger partial charge in [0.2, 0.25) is 0 Å². The molecule has 0 aliphatic heterocycles. The Balaban J connectivity index is 1.02. The zero-order chi connectivity index (χ0) is 36.4. The molecule has 2 nitrogen and oxygen atoms in total. The maximum Gasteiger partial charge on any atom is 0.137 e. The Morgan fingerprint density at radius 2 is 1.04 bits per heavy atom. The highest BCUT2D eigenvalue weighted by molar-refractivity contribution is 6.13. The van der Waals surface area contributed by atoms with E-state index in [1.54, 1.807) is 5.56 Å². The van der Waals surface area contributed by atoms with Crippen molar-refractivity contribution in [2.24, 2.45) is 17.8 Å². The van der Waals surface area contributed by atoms with Gasteiger partial charge in [0.25, 0.3) is 0 Å². The van der Waals surface area contributed by atoms with Gasteiger partial charge < -0.3 is 9.32 Å². The van der Waals surface area contributed by atoms with Crippen LogP contribution in [0.4, 0.5) is 17.1 Å². The summed E-state index contributed by atoms with van der Waals surface area (Å²) < 4.78 is 6.68. The summed E-state index contributed by atoms with van der Waals surface area (Å²) in [5.74, 6) is 2.81. The number of rotatable bonds is 7. The quantitative estimate of drug-likeness (QED) is 0.153. The molecule has 6 aromatic carbocycles. The highest BCUT2D eigenvalue weighted by Gasteiger charge is 2.51. The number of hydrogen-bond donors (Lipinski definition) is 0. The Hall–Kier alpha value is -5.08. The second-order valence-electron chi connectivity index (χ2n) is 17.8. The third-order valence-corrected chi connectivity index (χ3v) is 14.6. The van der Waals surface area contributed by atoms with Crippen molar-refractivity contribution in [2.75, 3.05) is 4.90 Å².